The molecular weight excluding hydrogens is 574 g/mol. The Balaban J connectivity index is 1.19. The van der Waals surface area contributed by atoms with E-state index in [0.29, 0.717) is 17.5 Å². The molecule has 7 aromatic carbocycles. The van der Waals surface area contributed by atoms with Gasteiger partial charge in [-0.1, -0.05) is 146 Å². The van der Waals surface area contributed by atoms with Gasteiger partial charge in [-0.15, -0.1) is 0 Å². The topological polar surface area (TPSA) is 51.8 Å². The number of nitrogens with zero attached hydrogens (tertiary/aromatic N) is 3. The van der Waals surface area contributed by atoms with Crippen LogP contribution in [0.3, 0.4) is 0 Å². The van der Waals surface area contributed by atoms with Crippen molar-refractivity contribution in [3.05, 3.63) is 164 Å². The minimum atomic E-state index is 0.639. The fraction of sp³-hybridized carbons (Fsp3) is 0. The van der Waals surface area contributed by atoms with Gasteiger partial charge in [0, 0.05) is 27.5 Å². The van der Waals surface area contributed by atoms with Crippen LogP contribution in [-0.2, 0) is 0 Å². The average molecular weight is 602 g/mol. The minimum Gasteiger partial charge on any atom is -0.456 e. The molecule has 4 nitrogen and oxygen atoms in total. The Labute approximate surface area is 271 Å². The molecular formula is C43H27N3O. The molecule has 0 radical (unpaired) electrons. The molecule has 0 saturated heterocycles. The highest BCUT2D eigenvalue weighted by molar-refractivity contribution is 6.09. The maximum Gasteiger partial charge on any atom is 0.164 e. The van der Waals surface area contributed by atoms with Gasteiger partial charge >= 0.3 is 0 Å². The number of aromatic nitrogens is 3. The van der Waals surface area contributed by atoms with Crippen LogP contribution in [-0.4, -0.2) is 15.0 Å². The van der Waals surface area contributed by atoms with Crippen LogP contribution >= 0.6 is 0 Å². The zero-order valence-corrected chi connectivity index (χ0v) is 25.3. The van der Waals surface area contributed by atoms with Crippen molar-refractivity contribution in [1.82, 2.24) is 15.0 Å². The number of furan rings is 1. The molecule has 47 heavy (non-hydrogen) atoms. The molecule has 0 N–H and O–H groups in total. The van der Waals surface area contributed by atoms with Gasteiger partial charge in [-0.25, -0.2) is 15.0 Å². The van der Waals surface area contributed by atoms with Gasteiger partial charge in [0.05, 0.1) is 0 Å². The predicted octanol–water partition coefficient (Wildman–Crippen LogP) is 11.3. The molecule has 9 aromatic rings. The molecule has 0 atom stereocenters. The molecule has 0 aliphatic rings. The molecule has 9 rings (SSSR count). The van der Waals surface area contributed by atoms with Crippen LogP contribution in [0, 0.1) is 0 Å². The summed E-state index contributed by atoms with van der Waals surface area (Å²) in [5, 5.41) is 4.64. The summed E-state index contributed by atoms with van der Waals surface area (Å²) in [7, 11) is 0. The molecule has 2 heterocycles. The van der Waals surface area contributed by atoms with E-state index < -0.39 is 0 Å². The summed E-state index contributed by atoms with van der Waals surface area (Å²) < 4.78 is 6.14. The summed E-state index contributed by atoms with van der Waals surface area (Å²) in [4.78, 5) is 14.7. The number of benzene rings is 7. The lowest BCUT2D eigenvalue weighted by molar-refractivity contribution is 0.669. The van der Waals surface area contributed by atoms with E-state index in [9.17, 15) is 0 Å². The van der Waals surface area contributed by atoms with Crippen LogP contribution in [0.5, 0.6) is 0 Å². The average Bonchev–Trinajstić information content (AvgIpc) is 3.53. The van der Waals surface area contributed by atoms with Gasteiger partial charge in [0.2, 0.25) is 0 Å². The second-order valence-corrected chi connectivity index (χ2v) is 11.6. The molecule has 220 valence electrons. The summed E-state index contributed by atoms with van der Waals surface area (Å²) in [6.45, 7) is 0. The van der Waals surface area contributed by atoms with E-state index in [0.717, 1.165) is 49.8 Å². The van der Waals surface area contributed by atoms with Crippen molar-refractivity contribution in [3.8, 4) is 56.4 Å². The maximum absolute atomic E-state index is 6.14. The lowest BCUT2D eigenvalue weighted by Crippen LogP contribution is -2.00. The fourth-order valence-corrected chi connectivity index (χ4v) is 6.44. The van der Waals surface area contributed by atoms with E-state index in [1.807, 2.05) is 72.8 Å². The number of rotatable bonds is 5. The third-order valence-electron chi connectivity index (χ3n) is 8.75. The standard InChI is InChI=1S/C43H27N3O/c1-3-12-30(13-4-1)41-44-42(31-14-5-2-6-15-31)46-43(45-41)32-21-19-29(20-22-32)40-34-16-8-7-11-28(34)23-25-35(40)33-24-26-39-37(27-33)36-17-9-10-18-38(36)47-39/h1-27H. The van der Waals surface area contributed by atoms with Gasteiger partial charge in [0.15, 0.2) is 17.5 Å². The van der Waals surface area contributed by atoms with Crippen molar-refractivity contribution >= 4 is 32.7 Å². The van der Waals surface area contributed by atoms with Gasteiger partial charge in [0.25, 0.3) is 0 Å². The van der Waals surface area contributed by atoms with Crippen LogP contribution in [0.1, 0.15) is 0 Å². The monoisotopic (exact) mass is 601 g/mol. The Morgan fingerprint density at radius 1 is 0.340 bits per heavy atom. The number of hydrogen-bond donors (Lipinski definition) is 0. The van der Waals surface area contributed by atoms with Gasteiger partial charge in [-0.3, -0.25) is 0 Å². The predicted molar refractivity (Wildman–Crippen MR) is 192 cm³/mol. The molecule has 0 amide bonds. The quantitative estimate of drug-likeness (QED) is 0.197. The molecule has 0 spiro atoms. The highest BCUT2D eigenvalue weighted by atomic mass is 16.3. The highest BCUT2D eigenvalue weighted by Crippen LogP contribution is 2.41. The number of fused-ring (bicyclic) bond motifs is 4. The van der Waals surface area contributed by atoms with Crippen molar-refractivity contribution < 1.29 is 4.42 Å². The third kappa shape index (κ3) is 4.84. The summed E-state index contributed by atoms with van der Waals surface area (Å²) >= 11 is 0. The summed E-state index contributed by atoms with van der Waals surface area (Å²) in [5.74, 6) is 1.94. The molecule has 4 heteroatoms. The Hall–Kier alpha value is -6.39. The molecule has 0 aliphatic carbocycles. The van der Waals surface area contributed by atoms with E-state index in [-0.39, 0.29) is 0 Å². The van der Waals surface area contributed by atoms with E-state index in [1.54, 1.807) is 0 Å². The van der Waals surface area contributed by atoms with Gasteiger partial charge in [0.1, 0.15) is 11.2 Å². The van der Waals surface area contributed by atoms with Crippen LogP contribution in [0.2, 0.25) is 0 Å². The summed E-state index contributed by atoms with van der Waals surface area (Å²) in [6.07, 6.45) is 0. The van der Waals surface area contributed by atoms with Crippen LogP contribution in [0.4, 0.5) is 0 Å². The maximum atomic E-state index is 6.14. The largest absolute Gasteiger partial charge is 0.456 e. The van der Waals surface area contributed by atoms with Crippen LogP contribution < -0.4 is 0 Å². The second-order valence-electron chi connectivity index (χ2n) is 11.6. The SMILES string of the molecule is c1ccc(-c2nc(-c3ccccc3)nc(-c3ccc(-c4c(-c5ccc6oc7ccccc7c6c5)ccc5ccccc45)cc3)n2)cc1. The number of para-hydroxylation sites is 1. The molecule has 0 bridgehead atoms. The second kappa shape index (κ2) is 11.2. The molecule has 0 unspecified atom stereocenters. The van der Waals surface area contributed by atoms with E-state index in [1.165, 1.54) is 21.9 Å². The minimum absolute atomic E-state index is 0.639. The Morgan fingerprint density at radius 2 is 0.851 bits per heavy atom. The van der Waals surface area contributed by atoms with Crippen molar-refractivity contribution in [3.63, 3.8) is 0 Å². The van der Waals surface area contributed by atoms with Gasteiger partial charge < -0.3 is 4.42 Å². The zero-order valence-electron chi connectivity index (χ0n) is 25.3. The molecule has 0 fully saturated rings. The highest BCUT2D eigenvalue weighted by Gasteiger charge is 2.16. The Kier molecular flexibility index (Phi) is 6.43. The van der Waals surface area contributed by atoms with Gasteiger partial charge in [-0.2, -0.15) is 0 Å². The van der Waals surface area contributed by atoms with Crippen molar-refractivity contribution in [1.29, 1.82) is 0 Å². The smallest absolute Gasteiger partial charge is 0.164 e. The first-order chi connectivity index (χ1) is 23.3. The van der Waals surface area contributed by atoms with Crippen molar-refractivity contribution in [2.75, 3.05) is 0 Å². The van der Waals surface area contributed by atoms with Gasteiger partial charge in [-0.05, 0) is 51.2 Å². The van der Waals surface area contributed by atoms with Crippen LogP contribution in [0.15, 0.2) is 168 Å². The number of hydrogen-bond acceptors (Lipinski definition) is 4. The fourth-order valence-electron chi connectivity index (χ4n) is 6.44. The zero-order chi connectivity index (χ0) is 31.2. The Morgan fingerprint density at radius 3 is 1.53 bits per heavy atom. The lowest BCUT2D eigenvalue weighted by Gasteiger charge is -2.15. The van der Waals surface area contributed by atoms with Crippen LogP contribution in [0.25, 0.3) is 89.1 Å². The first-order valence-electron chi connectivity index (χ1n) is 15.7. The van der Waals surface area contributed by atoms with E-state index >= 15 is 0 Å². The first-order valence-corrected chi connectivity index (χ1v) is 15.7. The molecule has 2 aromatic heterocycles. The normalized spacial score (nSPS) is 11.4. The summed E-state index contributed by atoms with van der Waals surface area (Å²) in [6, 6.07) is 56.5. The lowest BCUT2D eigenvalue weighted by atomic mass is 9.89. The molecule has 0 saturated carbocycles. The summed E-state index contributed by atoms with van der Waals surface area (Å²) in [5.41, 5.74) is 9.25. The van der Waals surface area contributed by atoms with E-state index in [4.69, 9.17) is 19.4 Å². The molecule has 0 aliphatic heterocycles. The van der Waals surface area contributed by atoms with Crippen molar-refractivity contribution in [2.45, 2.75) is 0 Å². The third-order valence-corrected chi connectivity index (χ3v) is 8.75. The van der Waals surface area contributed by atoms with E-state index in [2.05, 4.69) is 91.0 Å². The Bertz CT molecular complexity index is 2500. The van der Waals surface area contributed by atoms with Crippen molar-refractivity contribution in [2.24, 2.45) is 0 Å². The first kappa shape index (κ1) is 27.0.